The fourth-order valence-electron chi connectivity index (χ4n) is 12.0. The fourth-order valence-corrected chi connectivity index (χ4v) is 12.0. The van der Waals surface area contributed by atoms with Crippen LogP contribution in [0.4, 0.5) is 0 Å². The molecule has 0 amide bonds. The highest BCUT2D eigenvalue weighted by atomic mass is 16.5. The molecule has 4 aliphatic rings. The lowest BCUT2D eigenvalue weighted by molar-refractivity contribution is -0.0635. The van der Waals surface area contributed by atoms with E-state index in [2.05, 4.69) is 27.7 Å². The van der Waals surface area contributed by atoms with Crippen LogP contribution in [0.5, 0.6) is 0 Å². The largest absolute Gasteiger partial charge is 0.376 e. The van der Waals surface area contributed by atoms with Crippen LogP contribution in [-0.4, -0.2) is 25.4 Å². The van der Waals surface area contributed by atoms with Gasteiger partial charge >= 0.3 is 0 Å². The minimum Gasteiger partial charge on any atom is -0.376 e. The lowest BCUT2D eigenvalue weighted by Crippen LogP contribution is -2.29. The van der Waals surface area contributed by atoms with Crippen LogP contribution in [0, 0.1) is 47.3 Å². The first-order chi connectivity index (χ1) is 26.6. The average Bonchev–Trinajstić information content (AvgIpc) is 3.21. The predicted molar refractivity (Wildman–Crippen MR) is 236 cm³/mol. The Labute approximate surface area is 340 Å². The normalized spacial score (nSPS) is 30.7. The summed E-state index contributed by atoms with van der Waals surface area (Å²) in [4.78, 5) is 0. The van der Waals surface area contributed by atoms with Crippen LogP contribution in [0.25, 0.3) is 0 Å². The molecular weight excluding hydrogens is 657 g/mol. The van der Waals surface area contributed by atoms with Gasteiger partial charge in [0.2, 0.25) is 0 Å². The van der Waals surface area contributed by atoms with Gasteiger partial charge in [0, 0.05) is 13.2 Å². The third-order valence-corrected chi connectivity index (χ3v) is 16.3. The van der Waals surface area contributed by atoms with E-state index in [1.165, 1.54) is 231 Å². The molecule has 0 aliphatic heterocycles. The van der Waals surface area contributed by atoms with E-state index in [0.717, 1.165) is 60.6 Å². The molecule has 4 fully saturated rings. The highest BCUT2D eigenvalue weighted by Gasteiger charge is 2.32. The molecule has 4 rings (SSSR count). The SMILES string of the molecule is CCCCCCCCCCC1CCC(C2CCC(CCOC(C)C(C)OCCC3CCC(C4CCC(CCCCCCCCCC)CC4)CC3)CC2)CC1. The summed E-state index contributed by atoms with van der Waals surface area (Å²) < 4.78 is 12.8. The Kier molecular flexibility index (Phi) is 25.2. The van der Waals surface area contributed by atoms with Crippen LogP contribution < -0.4 is 0 Å². The fraction of sp³-hybridized carbons (Fsp3) is 1.00. The molecule has 0 saturated heterocycles. The summed E-state index contributed by atoms with van der Waals surface area (Å²) in [7, 11) is 0. The second-order valence-corrected chi connectivity index (χ2v) is 20.4. The first kappa shape index (κ1) is 46.6. The third-order valence-electron chi connectivity index (χ3n) is 16.3. The quantitative estimate of drug-likeness (QED) is 0.0708. The predicted octanol–water partition coefficient (Wildman–Crippen LogP) is 16.9. The molecule has 0 aromatic heterocycles. The monoisotopic (exact) mass is 755 g/mol. The van der Waals surface area contributed by atoms with Gasteiger partial charge in [0.1, 0.15) is 0 Å². The third kappa shape index (κ3) is 19.1. The Morgan fingerprint density at radius 3 is 0.833 bits per heavy atom. The molecule has 2 atom stereocenters. The topological polar surface area (TPSA) is 18.5 Å². The van der Waals surface area contributed by atoms with E-state index in [1.54, 1.807) is 0 Å². The van der Waals surface area contributed by atoms with Crippen LogP contribution in [0.2, 0.25) is 0 Å². The molecule has 2 unspecified atom stereocenters. The van der Waals surface area contributed by atoms with Crippen molar-refractivity contribution in [3.05, 3.63) is 0 Å². The molecule has 2 nitrogen and oxygen atoms in total. The molecule has 0 heterocycles. The Bertz CT molecular complexity index is 768. The van der Waals surface area contributed by atoms with E-state index in [9.17, 15) is 0 Å². The summed E-state index contributed by atoms with van der Waals surface area (Å²) >= 11 is 0. The molecule has 0 spiro atoms. The van der Waals surface area contributed by atoms with Crippen molar-refractivity contribution in [3.8, 4) is 0 Å². The smallest absolute Gasteiger partial charge is 0.0805 e. The summed E-state index contributed by atoms with van der Waals surface area (Å²) in [5.41, 5.74) is 0. The van der Waals surface area contributed by atoms with E-state index in [0.29, 0.717) is 0 Å². The second-order valence-electron chi connectivity index (χ2n) is 20.4. The molecule has 318 valence electrons. The minimum atomic E-state index is 0.212. The van der Waals surface area contributed by atoms with Crippen LogP contribution in [0.15, 0.2) is 0 Å². The van der Waals surface area contributed by atoms with Crippen LogP contribution in [0.3, 0.4) is 0 Å². The average molecular weight is 755 g/mol. The Hall–Kier alpha value is -0.0800. The standard InChI is InChI=1S/C52H98O2/c1-5-7-9-11-13-15-17-19-21-45-23-31-49(32-24-45)51-35-27-47(28-36-51)39-41-53-43(3)44(4)54-42-40-48-29-37-52(38-30-48)50-33-25-46(26-34-50)22-20-18-16-14-12-10-8-6-2/h43-52H,5-42H2,1-4H3. The summed E-state index contributed by atoms with van der Waals surface area (Å²) in [6.45, 7) is 11.0. The lowest BCUT2D eigenvalue weighted by atomic mass is 9.68. The number of unbranched alkanes of at least 4 members (excludes halogenated alkanes) is 14. The Morgan fingerprint density at radius 2 is 0.556 bits per heavy atom. The van der Waals surface area contributed by atoms with Crippen LogP contribution in [-0.2, 0) is 9.47 Å². The Balaban J connectivity index is 0.933. The molecule has 4 saturated carbocycles. The van der Waals surface area contributed by atoms with Crippen molar-refractivity contribution < 1.29 is 9.47 Å². The van der Waals surface area contributed by atoms with Crippen molar-refractivity contribution >= 4 is 0 Å². The minimum absolute atomic E-state index is 0.212. The molecule has 0 N–H and O–H groups in total. The number of rotatable bonds is 29. The van der Waals surface area contributed by atoms with Gasteiger partial charge in [-0.15, -0.1) is 0 Å². The van der Waals surface area contributed by atoms with Crippen molar-refractivity contribution in [2.45, 2.75) is 271 Å². The summed E-state index contributed by atoms with van der Waals surface area (Å²) in [5.74, 6) is 8.05. The molecule has 0 radical (unpaired) electrons. The van der Waals surface area contributed by atoms with E-state index in [4.69, 9.17) is 9.47 Å². The van der Waals surface area contributed by atoms with Crippen molar-refractivity contribution in [1.29, 1.82) is 0 Å². The van der Waals surface area contributed by atoms with Crippen molar-refractivity contribution in [3.63, 3.8) is 0 Å². The van der Waals surface area contributed by atoms with Gasteiger partial charge in [-0.1, -0.05) is 181 Å². The maximum atomic E-state index is 6.39. The van der Waals surface area contributed by atoms with Crippen molar-refractivity contribution in [2.75, 3.05) is 13.2 Å². The van der Waals surface area contributed by atoms with Gasteiger partial charge in [-0.2, -0.15) is 0 Å². The molecular formula is C52H98O2. The molecule has 0 aromatic rings. The molecule has 0 bridgehead atoms. The first-order valence-electron chi connectivity index (χ1n) is 25.8. The Morgan fingerprint density at radius 1 is 0.315 bits per heavy atom. The molecule has 4 aliphatic carbocycles. The first-order valence-corrected chi connectivity index (χ1v) is 25.8. The van der Waals surface area contributed by atoms with Crippen molar-refractivity contribution in [1.82, 2.24) is 0 Å². The van der Waals surface area contributed by atoms with Gasteiger partial charge < -0.3 is 9.47 Å². The number of hydrogen-bond acceptors (Lipinski definition) is 2. The maximum Gasteiger partial charge on any atom is 0.0805 e. The van der Waals surface area contributed by atoms with E-state index < -0.39 is 0 Å². The van der Waals surface area contributed by atoms with Gasteiger partial charge in [-0.3, -0.25) is 0 Å². The molecule has 2 heteroatoms. The highest BCUT2D eigenvalue weighted by Crippen LogP contribution is 2.44. The molecule has 54 heavy (non-hydrogen) atoms. The number of hydrogen-bond donors (Lipinski definition) is 0. The van der Waals surface area contributed by atoms with Gasteiger partial charge in [0.15, 0.2) is 0 Å². The summed E-state index contributed by atoms with van der Waals surface area (Å²) in [5, 5.41) is 0. The maximum absolute atomic E-state index is 6.39. The van der Waals surface area contributed by atoms with Gasteiger partial charge in [0.25, 0.3) is 0 Å². The van der Waals surface area contributed by atoms with Gasteiger partial charge in [-0.25, -0.2) is 0 Å². The zero-order chi connectivity index (χ0) is 38.1. The number of ether oxygens (including phenoxy) is 2. The highest BCUT2D eigenvalue weighted by molar-refractivity contribution is 4.84. The summed E-state index contributed by atoms with van der Waals surface area (Å²) in [6.07, 6.45) is 53.5. The molecule has 0 aromatic carbocycles. The van der Waals surface area contributed by atoms with Gasteiger partial charge in [0.05, 0.1) is 12.2 Å². The zero-order valence-corrected chi connectivity index (χ0v) is 37.5. The zero-order valence-electron chi connectivity index (χ0n) is 37.5. The van der Waals surface area contributed by atoms with Crippen LogP contribution in [0.1, 0.15) is 259 Å². The van der Waals surface area contributed by atoms with Crippen molar-refractivity contribution in [2.24, 2.45) is 47.3 Å². The summed E-state index contributed by atoms with van der Waals surface area (Å²) in [6, 6.07) is 0. The van der Waals surface area contributed by atoms with E-state index >= 15 is 0 Å². The van der Waals surface area contributed by atoms with Crippen LogP contribution >= 0.6 is 0 Å². The second kappa shape index (κ2) is 29.2. The van der Waals surface area contributed by atoms with E-state index in [1.807, 2.05) is 0 Å². The lowest BCUT2D eigenvalue weighted by Gasteiger charge is -2.38. The van der Waals surface area contributed by atoms with Gasteiger partial charge in [-0.05, 0) is 125 Å². The van der Waals surface area contributed by atoms with E-state index in [-0.39, 0.29) is 12.2 Å².